The number of halogens is 1. The summed E-state index contributed by atoms with van der Waals surface area (Å²) in [5.74, 6) is -1.27. The fourth-order valence-corrected chi connectivity index (χ4v) is 6.47. The van der Waals surface area contributed by atoms with Gasteiger partial charge in [0.15, 0.2) is 0 Å². The second-order valence-electron chi connectivity index (χ2n) is 8.97. The van der Waals surface area contributed by atoms with Gasteiger partial charge in [-0.3, -0.25) is 13.9 Å². The number of sulfonamides is 1. The van der Waals surface area contributed by atoms with Gasteiger partial charge in [-0.1, -0.05) is 43.2 Å². The molecule has 3 aromatic carbocycles. The van der Waals surface area contributed by atoms with E-state index in [0.717, 1.165) is 30.0 Å². The molecule has 0 saturated carbocycles. The van der Waals surface area contributed by atoms with Crippen molar-refractivity contribution in [2.45, 2.75) is 30.6 Å². The second-order valence-corrected chi connectivity index (χ2v) is 10.8. The maximum Gasteiger partial charge on any atom is 0.265 e. The Bertz CT molecular complexity index is 1430. The fraction of sp³-hybridized carbons (Fsp3) is 0.259. The third-order valence-electron chi connectivity index (χ3n) is 6.58. The Morgan fingerprint density at radius 2 is 1.56 bits per heavy atom. The van der Waals surface area contributed by atoms with Gasteiger partial charge in [-0.2, -0.15) is 0 Å². The molecule has 1 saturated heterocycles. The van der Waals surface area contributed by atoms with Crippen molar-refractivity contribution in [1.29, 1.82) is 0 Å². The van der Waals surface area contributed by atoms with Crippen molar-refractivity contribution < 1.29 is 22.4 Å². The van der Waals surface area contributed by atoms with E-state index in [-0.39, 0.29) is 16.5 Å². The number of hydrogen-bond acceptors (Lipinski definition) is 4. The van der Waals surface area contributed by atoms with Gasteiger partial charge in [-0.05, 0) is 49.2 Å². The van der Waals surface area contributed by atoms with Gasteiger partial charge in [0.2, 0.25) is 5.91 Å². The SMILES string of the molecule is O=C(CN1c2ccc(F)cc2-c2ccccc2S1(=O)=O)Nc1ccccc1C(=O)N1CCCCCC1. The molecule has 36 heavy (non-hydrogen) atoms. The number of nitrogens with one attached hydrogen (secondary N) is 1. The van der Waals surface area contributed by atoms with E-state index in [1.54, 1.807) is 47.4 Å². The van der Waals surface area contributed by atoms with Crippen LogP contribution in [0.5, 0.6) is 0 Å². The van der Waals surface area contributed by atoms with Crippen LogP contribution in [0.15, 0.2) is 71.6 Å². The number of amides is 2. The van der Waals surface area contributed by atoms with E-state index in [1.165, 1.54) is 24.3 Å². The van der Waals surface area contributed by atoms with Crippen molar-refractivity contribution in [1.82, 2.24) is 4.90 Å². The van der Waals surface area contributed by atoms with Gasteiger partial charge < -0.3 is 10.2 Å². The molecule has 0 spiro atoms. The summed E-state index contributed by atoms with van der Waals surface area (Å²) in [5, 5.41) is 2.73. The average molecular weight is 508 g/mol. The van der Waals surface area contributed by atoms with Crippen LogP contribution in [-0.2, 0) is 14.8 Å². The van der Waals surface area contributed by atoms with Crippen molar-refractivity contribution in [3.8, 4) is 11.1 Å². The second kappa shape index (κ2) is 9.73. The topological polar surface area (TPSA) is 86.8 Å². The number of para-hydroxylation sites is 1. The first-order valence-corrected chi connectivity index (χ1v) is 13.4. The average Bonchev–Trinajstić information content (AvgIpc) is 3.16. The van der Waals surface area contributed by atoms with Crippen LogP contribution in [0, 0.1) is 5.82 Å². The molecular weight excluding hydrogens is 481 g/mol. The number of fused-ring (bicyclic) bond motifs is 3. The molecule has 1 fully saturated rings. The molecule has 7 nitrogen and oxygen atoms in total. The molecule has 2 amide bonds. The summed E-state index contributed by atoms with van der Waals surface area (Å²) in [5.41, 5.74) is 1.69. The summed E-state index contributed by atoms with van der Waals surface area (Å²) >= 11 is 0. The lowest BCUT2D eigenvalue weighted by Crippen LogP contribution is -2.40. The van der Waals surface area contributed by atoms with E-state index in [2.05, 4.69) is 5.32 Å². The van der Waals surface area contributed by atoms with Crippen LogP contribution in [-0.4, -0.2) is 44.8 Å². The molecule has 5 rings (SSSR count). The molecule has 0 bridgehead atoms. The lowest BCUT2D eigenvalue weighted by atomic mass is 10.0. The van der Waals surface area contributed by atoms with Crippen LogP contribution in [0.3, 0.4) is 0 Å². The van der Waals surface area contributed by atoms with Crippen LogP contribution >= 0.6 is 0 Å². The number of likely N-dealkylation sites (tertiary alicyclic amines) is 1. The Balaban J connectivity index is 1.43. The number of nitrogens with zero attached hydrogens (tertiary/aromatic N) is 2. The van der Waals surface area contributed by atoms with E-state index < -0.39 is 28.3 Å². The highest BCUT2D eigenvalue weighted by Gasteiger charge is 2.36. The third kappa shape index (κ3) is 4.46. The molecule has 9 heteroatoms. The first-order valence-electron chi connectivity index (χ1n) is 12.0. The molecule has 2 heterocycles. The van der Waals surface area contributed by atoms with Gasteiger partial charge in [0.25, 0.3) is 15.9 Å². The summed E-state index contributed by atoms with van der Waals surface area (Å²) < 4.78 is 41.9. The van der Waals surface area contributed by atoms with Crippen LogP contribution < -0.4 is 9.62 Å². The monoisotopic (exact) mass is 507 g/mol. The standard InChI is InChI=1S/C27H26FN3O4S/c28-19-13-14-24-22(17-19)20-9-4-6-12-25(20)36(34,35)31(24)18-26(32)29-23-11-5-3-10-21(23)27(33)30-15-7-1-2-8-16-30/h3-6,9-14,17H,1-2,7-8,15-16,18H2,(H,29,32). The molecule has 0 atom stereocenters. The fourth-order valence-electron chi connectivity index (χ4n) is 4.82. The van der Waals surface area contributed by atoms with Gasteiger partial charge in [0.1, 0.15) is 12.4 Å². The highest BCUT2D eigenvalue weighted by molar-refractivity contribution is 7.93. The largest absolute Gasteiger partial charge is 0.339 e. The smallest absolute Gasteiger partial charge is 0.265 e. The maximum atomic E-state index is 14.1. The minimum absolute atomic E-state index is 0.00708. The highest BCUT2D eigenvalue weighted by atomic mass is 32.2. The molecule has 0 aliphatic carbocycles. The lowest BCUT2D eigenvalue weighted by molar-refractivity contribution is -0.114. The summed E-state index contributed by atoms with van der Waals surface area (Å²) in [4.78, 5) is 28.2. The van der Waals surface area contributed by atoms with Crippen molar-refractivity contribution >= 4 is 33.2 Å². The Morgan fingerprint density at radius 1 is 0.861 bits per heavy atom. The first kappa shape index (κ1) is 24.0. The number of rotatable bonds is 4. The molecule has 3 aromatic rings. The van der Waals surface area contributed by atoms with Crippen molar-refractivity contribution in [2.24, 2.45) is 0 Å². The quantitative estimate of drug-likeness (QED) is 0.557. The molecule has 0 radical (unpaired) electrons. The van der Waals surface area contributed by atoms with Crippen molar-refractivity contribution in [2.75, 3.05) is 29.3 Å². The zero-order valence-corrected chi connectivity index (χ0v) is 20.4. The Hall–Kier alpha value is -3.72. The van der Waals surface area contributed by atoms with Gasteiger partial charge in [-0.25, -0.2) is 12.8 Å². The summed E-state index contributed by atoms with van der Waals surface area (Å²) in [6, 6.07) is 16.9. The predicted molar refractivity (Wildman–Crippen MR) is 136 cm³/mol. The summed E-state index contributed by atoms with van der Waals surface area (Å²) in [7, 11) is -4.07. The zero-order chi connectivity index (χ0) is 25.3. The predicted octanol–water partition coefficient (Wildman–Crippen LogP) is 4.66. The van der Waals surface area contributed by atoms with Crippen molar-refractivity contribution in [3.05, 3.63) is 78.1 Å². The van der Waals surface area contributed by atoms with E-state index in [1.807, 2.05) is 0 Å². The minimum atomic E-state index is -4.07. The van der Waals surface area contributed by atoms with E-state index in [9.17, 15) is 22.4 Å². The number of carbonyl (C=O) groups excluding carboxylic acids is 2. The van der Waals surface area contributed by atoms with Crippen LogP contribution in [0.1, 0.15) is 36.0 Å². The van der Waals surface area contributed by atoms with Crippen LogP contribution in [0.25, 0.3) is 11.1 Å². The third-order valence-corrected chi connectivity index (χ3v) is 8.40. The van der Waals surface area contributed by atoms with E-state index >= 15 is 0 Å². The summed E-state index contributed by atoms with van der Waals surface area (Å²) in [6.07, 6.45) is 4.05. The summed E-state index contributed by atoms with van der Waals surface area (Å²) in [6.45, 7) is 0.807. The molecule has 2 aliphatic heterocycles. The molecule has 2 aliphatic rings. The molecule has 0 aromatic heterocycles. The normalized spacial score (nSPS) is 16.5. The molecule has 0 unspecified atom stereocenters. The molecular formula is C27H26FN3O4S. The Labute approximate surface area is 209 Å². The van der Waals surface area contributed by atoms with Crippen molar-refractivity contribution in [3.63, 3.8) is 0 Å². The number of carbonyl (C=O) groups is 2. The van der Waals surface area contributed by atoms with Crippen LogP contribution in [0.2, 0.25) is 0 Å². The van der Waals surface area contributed by atoms with Gasteiger partial charge in [-0.15, -0.1) is 0 Å². The maximum absolute atomic E-state index is 14.1. The number of anilines is 2. The molecule has 1 N–H and O–H groups in total. The number of hydrogen-bond donors (Lipinski definition) is 1. The Morgan fingerprint density at radius 3 is 2.33 bits per heavy atom. The van der Waals surface area contributed by atoms with Gasteiger partial charge >= 0.3 is 0 Å². The van der Waals surface area contributed by atoms with E-state index in [4.69, 9.17) is 0 Å². The Kier molecular flexibility index (Phi) is 6.49. The zero-order valence-electron chi connectivity index (χ0n) is 19.6. The number of benzene rings is 3. The first-order chi connectivity index (χ1) is 17.4. The molecule has 186 valence electrons. The van der Waals surface area contributed by atoms with Gasteiger partial charge in [0, 0.05) is 24.2 Å². The van der Waals surface area contributed by atoms with E-state index in [0.29, 0.717) is 35.5 Å². The van der Waals surface area contributed by atoms with Crippen LogP contribution in [0.4, 0.5) is 15.8 Å². The minimum Gasteiger partial charge on any atom is -0.339 e. The lowest BCUT2D eigenvalue weighted by Gasteiger charge is -2.31. The van der Waals surface area contributed by atoms with Gasteiger partial charge in [0.05, 0.1) is 21.8 Å². The highest BCUT2D eigenvalue weighted by Crippen LogP contribution is 2.43.